The summed E-state index contributed by atoms with van der Waals surface area (Å²) in [4.78, 5) is 22.3. The van der Waals surface area contributed by atoms with Crippen LogP contribution in [-0.2, 0) is 20.7 Å². The van der Waals surface area contributed by atoms with Crippen molar-refractivity contribution >= 4 is 11.9 Å². The molecule has 22 heavy (non-hydrogen) atoms. The van der Waals surface area contributed by atoms with E-state index in [0.717, 1.165) is 11.1 Å². The molecule has 0 saturated carbocycles. The first-order valence-corrected chi connectivity index (χ1v) is 7.04. The lowest BCUT2D eigenvalue weighted by atomic mass is 10.0. The van der Waals surface area contributed by atoms with Gasteiger partial charge in [-0.15, -0.1) is 0 Å². The fourth-order valence-electron chi connectivity index (χ4n) is 2.17. The highest BCUT2D eigenvalue weighted by molar-refractivity contribution is 5.69. The third-order valence-corrected chi connectivity index (χ3v) is 3.09. The van der Waals surface area contributed by atoms with Crippen molar-refractivity contribution in [2.45, 2.75) is 26.4 Å². The van der Waals surface area contributed by atoms with Crippen LogP contribution in [0, 0.1) is 0 Å². The van der Waals surface area contributed by atoms with E-state index in [2.05, 4.69) is 0 Å². The minimum atomic E-state index is -0.369. The van der Waals surface area contributed by atoms with Crippen LogP contribution in [0.3, 0.4) is 0 Å². The SMILES string of the molecule is CC(=O)Oc1ccc(C(Cc2ccccc2)OC(C)=O)cc1. The lowest BCUT2D eigenvalue weighted by Gasteiger charge is -2.18. The third kappa shape index (κ3) is 4.74. The Balaban J connectivity index is 2.17. The minimum Gasteiger partial charge on any atom is -0.457 e. The molecular formula is C18H18O4. The number of esters is 2. The van der Waals surface area contributed by atoms with Crippen molar-refractivity contribution in [3.63, 3.8) is 0 Å². The van der Waals surface area contributed by atoms with E-state index in [9.17, 15) is 9.59 Å². The number of hydrogen-bond acceptors (Lipinski definition) is 4. The Morgan fingerprint density at radius 2 is 1.55 bits per heavy atom. The fraction of sp³-hybridized carbons (Fsp3) is 0.222. The van der Waals surface area contributed by atoms with Crippen molar-refractivity contribution in [3.05, 3.63) is 65.7 Å². The minimum absolute atomic E-state index is 0.329. The third-order valence-electron chi connectivity index (χ3n) is 3.09. The molecule has 0 saturated heterocycles. The first kappa shape index (κ1) is 15.8. The van der Waals surface area contributed by atoms with Gasteiger partial charge in [0.25, 0.3) is 0 Å². The Hall–Kier alpha value is -2.62. The topological polar surface area (TPSA) is 52.6 Å². The predicted octanol–water partition coefficient (Wildman–Crippen LogP) is 3.46. The number of benzene rings is 2. The lowest BCUT2D eigenvalue weighted by Crippen LogP contribution is -2.11. The molecule has 0 aliphatic rings. The smallest absolute Gasteiger partial charge is 0.308 e. The van der Waals surface area contributed by atoms with Crippen molar-refractivity contribution in [1.29, 1.82) is 0 Å². The molecule has 0 radical (unpaired) electrons. The van der Waals surface area contributed by atoms with Crippen LogP contribution in [0.4, 0.5) is 0 Å². The highest BCUT2D eigenvalue weighted by Gasteiger charge is 2.16. The van der Waals surface area contributed by atoms with E-state index in [4.69, 9.17) is 9.47 Å². The molecule has 0 bridgehead atoms. The molecule has 0 amide bonds. The maximum absolute atomic E-state index is 11.3. The zero-order chi connectivity index (χ0) is 15.9. The van der Waals surface area contributed by atoms with Crippen LogP contribution < -0.4 is 4.74 Å². The molecule has 1 unspecified atom stereocenters. The zero-order valence-corrected chi connectivity index (χ0v) is 12.6. The molecule has 2 rings (SSSR count). The molecule has 0 aliphatic heterocycles. The molecule has 4 heteroatoms. The monoisotopic (exact) mass is 298 g/mol. The van der Waals surface area contributed by atoms with Crippen molar-refractivity contribution < 1.29 is 19.1 Å². The van der Waals surface area contributed by atoms with Gasteiger partial charge in [-0.25, -0.2) is 0 Å². The summed E-state index contributed by atoms with van der Waals surface area (Å²) < 4.78 is 10.4. The van der Waals surface area contributed by atoms with Gasteiger partial charge in [0.2, 0.25) is 0 Å². The molecule has 2 aromatic rings. The van der Waals surface area contributed by atoms with Crippen LogP contribution >= 0.6 is 0 Å². The molecule has 0 heterocycles. The maximum atomic E-state index is 11.3. The Kier molecular flexibility index (Phi) is 5.31. The second kappa shape index (κ2) is 7.41. The summed E-state index contributed by atoms with van der Waals surface area (Å²) in [7, 11) is 0. The Bertz CT molecular complexity index is 632. The predicted molar refractivity (Wildman–Crippen MR) is 82.4 cm³/mol. The van der Waals surface area contributed by atoms with E-state index >= 15 is 0 Å². The summed E-state index contributed by atoms with van der Waals surface area (Å²) in [6.07, 6.45) is 0.221. The van der Waals surface area contributed by atoms with E-state index < -0.39 is 0 Å². The van der Waals surface area contributed by atoms with Gasteiger partial charge in [-0.2, -0.15) is 0 Å². The van der Waals surface area contributed by atoms with Crippen LogP contribution in [0.2, 0.25) is 0 Å². The van der Waals surface area contributed by atoms with Crippen molar-refractivity contribution in [1.82, 2.24) is 0 Å². The second-order valence-electron chi connectivity index (χ2n) is 4.95. The number of ether oxygens (including phenoxy) is 2. The van der Waals surface area contributed by atoms with Crippen LogP contribution in [0.25, 0.3) is 0 Å². The van der Waals surface area contributed by atoms with Crippen molar-refractivity contribution in [3.8, 4) is 5.75 Å². The second-order valence-corrected chi connectivity index (χ2v) is 4.95. The van der Waals surface area contributed by atoms with Gasteiger partial charge in [0, 0.05) is 20.3 Å². The fourth-order valence-corrected chi connectivity index (χ4v) is 2.17. The highest BCUT2D eigenvalue weighted by Crippen LogP contribution is 2.25. The number of carbonyl (C=O) groups excluding carboxylic acids is 2. The first-order valence-electron chi connectivity index (χ1n) is 7.04. The van der Waals surface area contributed by atoms with E-state index in [1.165, 1.54) is 13.8 Å². The molecular weight excluding hydrogens is 280 g/mol. The summed E-state index contributed by atoms with van der Waals surface area (Å²) in [6, 6.07) is 16.8. The molecule has 114 valence electrons. The summed E-state index contributed by atoms with van der Waals surface area (Å²) in [5.74, 6) is -0.226. The van der Waals surface area contributed by atoms with Gasteiger partial charge in [0.05, 0.1) is 0 Å². The van der Waals surface area contributed by atoms with Gasteiger partial charge < -0.3 is 9.47 Å². The highest BCUT2D eigenvalue weighted by atomic mass is 16.5. The van der Waals surface area contributed by atoms with Crippen LogP contribution in [0.15, 0.2) is 54.6 Å². The van der Waals surface area contributed by atoms with E-state index in [0.29, 0.717) is 12.2 Å². The molecule has 4 nitrogen and oxygen atoms in total. The molecule has 0 fully saturated rings. The quantitative estimate of drug-likeness (QED) is 0.626. The summed E-state index contributed by atoms with van der Waals surface area (Å²) in [5, 5.41) is 0. The molecule has 1 atom stereocenters. The van der Waals surface area contributed by atoms with Gasteiger partial charge in [-0.1, -0.05) is 42.5 Å². The number of rotatable bonds is 5. The summed E-state index contributed by atoms with van der Waals surface area (Å²) >= 11 is 0. The Morgan fingerprint density at radius 1 is 0.909 bits per heavy atom. The van der Waals surface area contributed by atoms with Gasteiger partial charge in [-0.3, -0.25) is 9.59 Å². The van der Waals surface area contributed by atoms with Gasteiger partial charge >= 0.3 is 11.9 Å². The van der Waals surface area contributed by atoms with Gasteiger partial charge in [0.1, 0.15) is 11.9 Å². The number of carbonyl (C=O) groups is 2. The lowest BCUT2D eigenvalue weighted by molar-refractivity contribution is -0.146. The Labute approximate surface area is 129 Å². The molecule has 0 aromatic heterocycles. The van der Waals surface area contributed by atoms with E-state index in [1.54, 1.807) is 24.3 Å². The van der Waals surface area contributed by atoms with Crippen LogP contribution in [-0.4, -0.2) is 11.9 Å². The molecule has 0 spiro atoms. The van der Waals surface area contributed by atoms with Crippen molar-refractivity contribution in [2.24, 2.45) is 0 Å². The van der Waals surface area contributed by atoms with Gasteiger partial charge in [-0.05, 0) is 23.3 Å². The molecule has 2 aromatic carbocycles. The van der Waals surface area contributed by atoms with Crippen LogP contribution in [0.5, 0.6) is 5.75 Å². The van der Waals surface area contributed by atoms with Crippen molar-refractivity contribution in [2.75, 3.05) is 0 Å². The molecule has 0 aliphatic carbocycles. The maximum Gasteiger partial charge on any atom is 0.308 e. The molecule has 0 N–H and O–H groups in total. The average molecular weight is 298 g/mol. The van der Waals surface area contributed by atoms with Crippen LogP contribution in [0.1, 0.15) is 31.1 Å². The largest absolute Gasteiger partial charge is 0.457 e. The van der Waals surface area contributed by atoms with Gasteiger partial charge in [0.15, 0.2) is 0 Å². The van der Waals surface area contributed by atoms with E-state index in [-0.39, 0.29) is 18.0 Å². The first-order chi connectivity index (χ1) is 10.5. The zero-order valence-electron chi connectivity index (χ0n) is 12.6. The Morgan fingerprint density at radius 3 is 2.09 bits per heavy atom. The number of hydrogen-bond donors (Lipinski definition) is 0. The normalized spacial score (nSPS) is 11.5. The standard InChI is InChI=1S/C18H18O4/c1-13(19)21-17-10-8-16(9-11-17)18(22-14(2)20)12-15-6-4-3-5-7-15/h3-11,18H,12H2,1-2H3. The summed E-state index contributed by atoms with van der Waals surface area (Å²) in [5.41, 5.74) is 1.94. The average Bonchev–Trinajstić information content (AvgIpc) is 2.47. The summed E-state index contributed by atoms with van der Waals surface area (Å²) in [6.45, 7) is 2.75. The van der Waals surface area contributed by atoms with E-state index in [1.807, 2.05) is 30.3 Å².